The maximum Gasteiger partial charge on any atom is 1.00 e. The van der Waals surface area contributed by atoms with E-state index >= 15 is 0 Å². The van der Waals surface area contributed by atoms with Crippen LogP contribution in [0.25, 0.3) is 0 Å². The summed E-state index contributed by atoms with van der Waals surface area (Å²) in [4.78, 5) is 0. The molecule has 3 nitrogen and oxygen atoms in total. The molecular formula is Na2O3S. The first kappa shape index (κ1) is 15.7. The van der Waals surface area contributed by atoms with Gasteiger partial charge in [-0.25, -0.2) is 0 Å². The van der Waals surface area contributed by atoms with Gasteiger partial charge in [-0.15, -0.1) is 11.4 Å². The fourth-order valence-electron chi connectivity index (χ4n) is 0. The van der Waals surface area contributed by atoms with Gasteiger partial charge in [0.25, 0.3) is 0 Å². The van der Waals surface area contributed by atoms with Crippen molar-refractivity contribution in [2.45, 2.75) is 0 Å². The fourth-order valence-corrected chi connectivity index (χ4v) is 0. The van der Waals surface area contributed by atoms with E-state index in [-0.39, 0.29) is 59.1 Å². The largest absolute Gasteiger partial charge is 1.00 e. The number of rotatable bonds is 0. The van der Waals surface area contributed by atoms with Gasteiger partial charge in [0.1, 0.15) is 0 Å². The molecule has 0 atom stereocenters. The van der Waals surface area contributed by atoms with Crippen LogP contribution < -0.4 is 59.1 Å². The molecule has 0 radical (unpaired) electrons. The molecule has 0 saturated heterocycles. The summed E-state index contributed by atoms with van der Waals surface area (Å²) in [5, 5.41) is 0. The van der Waals surface area contributed by atoms with Gasteiger partial charge in [0, 0.05) is 0 Å². The minimum Gasteiger partial charge on any atom is -0.784 e. The van der Waals surface area contributed by atoms with E-state index in [1.165, 1.54) is 0 Å². The van der Waals surface area contributed by atoms with E-state index in [4.69, 9.17) is 13.3 Å². The Hall–Kier alpha value is 2.07. The Morgan fingerprint density at radius 2 is 1.17 bits per heavy atom. The van der Waals surface area contributed by atoms with Crippen molar-refractivity contribution >= 4 is 11.4 Å². The average Bonchev–Trinajstić information content (AvgIpc) is 0.811. The van der Waals surface area contributed by atoms with Gasteiger partial charge < -0.3 is 9.11 Å². The minimum atomic E-state index is -3.11. The Morgan fingerprint density at radius 1 is 1.17 bits per heavy atom. The first-order valence-corrected chi connectivity index (χ1v) is 1.50. The molecule has 0 rings (SSSR count). The van der Waals surface area contributed by atoms with Crippen molar-refractivity contribution in [3.8, 4) is 0 Å². The number of hydrogen-bond acceptors (Lipinski definition) is 3. The van der Waals surface area contributed by atoms with Gasteiger partial charge in [0.2, 0.25) is 0 Å². The van der Waals surface area contributed by atoms with Crippen molar-refractivity contribution in [1.82, 2.24) is 0 Å². The molecule has 0 N–H and O–H groups in total. The molecule has 26 valence electrons. The second-order valence-corrected chi connectivity index (χ2v) is 0.612. The Balaban J connectivity index is -0.0000000450. The van der Waals surface area contributed by atoms with Crippen LogP contribution >= 0.6 is 0 Å². The predicted octanol–water partition coefficient (Wildman–Crippen LogP) is -7.00. The molecule has 0 saturated carbocycles. The molecule has 0 aliphatic heterocycles. The van der Waals surface area contributed by atoms with Crippen LogP contribution in [0.15, 0.2) is 0 Å². The third kappa shape index (κ3) is 36.4. The van der Waals surface area contributed by atoms with Gasteiger partial charge in [-0.3, -0.25) is 4.21 Å². The number of hydrogen-bond donors (Lipinski definition) is 0. The smallest absolute Gasteiger partial charge is 0.784 e. The zero-order valence-corrected chi connectivity index (χ0v) is 8.45. The van der Waals surface area contributed by atoms with Crippen LogP contribution in [-0.4, -0.2) is 13.3 Å². The van der Waals surface area contributed by atoms with E-state index in [1.807, 2.05) is 0 Å². The molecule has 0 spiro atoms. The molecule has 0 bridgehead atoms. The van der Waals surface area contributed by atoms with Crippen LogP contribution in [0.1, 0.15) is 0 Å². The molecule has 0 unspecified atom stereocenters. The van der Waals surface area contributed by atoms with E-state index in [1.54, 1.807) is 0 Å². The molecule has 0 aliphatic rings. The van der Waals surface area contributed by atoms with Gasteiger partial charge in [-0.2, -0.15) is 0 Å². The maximum atomic E-state index is 8.44. The van der Waals surface area contributed by atoms with Crippen LogP contribution in [0.4, 0.5) is 0 Å². The normalized spacial score (nSPS) is 5.83. The zero-order valence-electron chi connectivity index (χ0n) is 3.63. The van der Waals surface area contributed by atoms with E-state index < -0.39 is 11.4 Å². The van der Waals surface area contributed by atoms with Crippen molar-refractivity contribution in [2.24, 2.45) is 0 Å². The Kier molecular flexibility index (Phi) is 26.5. The van der Waals surface area contributed by atoms with Crippen LogP contribution in [-0.2, 0) is 11.4 Å². The molecule has 0 heterocycles. The minimum absolute atomic E-state index is 0. The monoisotopic (exact) mass is 128 g/mol. The summed E-state index contributed by atoms with van der Waals surface area (Å²) in [5.74, 6) is 0. The summed E-state index contributed by atoms with van der Waals surface area (Å²) in [5.41, 5.74) is 0. The molecule has 0 aromatic heterocycles. The van der Waals surface area contributed by atoms with Crippen LogP contribution in [0.2, 0.25) is 0 Å². The molecule has 6 heavy (non-hydrogen) atoms. The molecule has 6 heteroatoms. The fraction of sp³-hybridized carbons (Fsp3) is 0. The standard InChI is InChI=1S/2Na.H2O3S/c;;1-4(2)3/h;;(H2,1,2,3)/q2*+1;/p-2/i;;4+2. The van der Waals surface area contributed by atoms with Crippen LogP contribution in [0, 0.1) is 0 Å². The third-order valence-corrected chi connectivity index (χ3v) is 0. The van der Waals surface area contributed by atoms with Crippen molar-refractivity contribution in [3.05, 3.63) is 0 Å². The second-order valence-electron chi connectivity index (χ2n) is 0.204. The van der Waals surface area contributed by atoms with Crippen molar-refractivity contribution < 1.29 is 72.4 Å². The van der Waals surface area contributed by atoms with Gasteiger partial charge in [-0.1, -0.05) is 0 Å². The molecule has 0 aliphatic carbocycles. The van der Waals surface area contributed by atoms with Crippen LogP contribution in [0.5, 0.6) is 0 Å². The second kappa shape index (κ2) is 10.1. The van der Waals surface area contributed by atoms with Crippen molar-refractivity contribution in [1.29, 1.82) is 0 Å². The van der Waals surface area contributed by atoms with Gasteiger partial charge in [0.15, 0.2) is 0 Å². The average molecular weight is 128 g/mol. The Bertz CT molecular complexity index is 31.8. The van der Waals surface area contributed by atoms with Gasteiger partial charge in [0.05, 0.1) is 0 Å². The topological polar surface area (TPSA) is 63.2 Å². The van der Waals surface area contributed by atoms with E-state index in [0.29, 0.717) is 0 Å². The third-order valence-electron chi connectivity index (χ3n) is 0. The molecular weight excluding hydrogens is 128 g/mol. The summed E-state index contributed by atoms with van der Waals surface area (Å²) < 4.78 is 25.3. The molecule has 0 aromatic carbocycles. The van der Waals surface area contributed by atoms with E-state index in [9.17, 15) is 0 Å². The van der Waals surface area contributed by atoms with E-state index in [0.717, 1.165) is 0 Å². The summed E-state index contributed by atoms with van der Waals surface area (Å²) in [6.45, 7) is 0. The predicted molar refractivity (Wildman–Crippen MR) is 9.70 cm³/mol. The van der Waals surface area contributed by atoms with Crippen LogP contribution in [0.3, 0.4) is 0 Å². The van der Waals surface area contributed by atoms with Gasteiger partial charge >= 0.3 is 59.1 Å². The molecule has 0 fully saturated rings. The summed E-state index contributed by atoms with van der Waals surface area (Å²) in [6.07, 6.45) is 0. The first-order valence-electron chi connectivity index (χ1n) is 0.500. The Labute approximate surface area is 82.6 Å². The summed E-state index contributed by atoms with van der Waals surface area (Å²) >= 11 is -3.11. The molecule has 0 aromatic rings. The van der Waals surface area contributed by atoms with E-state index in [2.05, 4.69) is 0 Å². The maximum absolute atomic E-state index is 8.44. The SMILES string of the molecule is O=[34S]([O-])[O-].[Na+].[Na+]. The Morgan fingerprint density at radius 3 is 1.17 bits per heavy atom. The quantitative estimate of drug-likeness (QED) is 0.185. The summed E-state index contributed by atoms with van der Waals surface area (Å²) in [6, 6.07) is 0. The first-order chi connectivity index (χ1) is 1.73. The van der Waals surface area contributed by atoms with Crippen molar-refractivity contribution in [2.75, 3.05) is 0 Å². The van der Waals surface area contributed by atoms with Gasteiger partial charge in [-0.05, 0) is 0 Å². The molecule has 0 amide bonds. The van der Waals surface area contributed by atoms with Crippen molar-refractivity contribution in [3.63, 3.8) is 0 Å². The zero-order chi connectivity index (χ0) is 3.58. The summed E-state index contributed by atoms with van der Waals surface area (Å²) in [7, 11) is 0.